The highest BCUT2D eigenvalue weighted by Crippen LogP contribution is 2.35. The number of amides is 4. The van der Waals surface area contributed by atoms with E-state index in [4.69, 9.17) is 0 Å². The lowest BCUT2D eigenvalue weighted by molar-refractivity contribution is -0.135. The Morgan fingerprint density at radius 3 is 2.68 bits per heavy atom. The Balaban J connectivity index is 1.53. The van der Waals surface area contributed by atoms with E-state index in [1.54, 1.807) is 4.90 Å². The maximum absolute atomic E-state index is 12.9. The summed E-state index contributed by atoms with van der Waals surface area (Å²) in [6.07, 6.45) is 5.10. The summed E-state index contributed by atoms with van der Waals surface area (Å²) in [5.41, 5.74) is 1.24. The number of urea groups is 1. The molecule has 6 nitrogen and oxygen atoms in total. The van der Waals surface area contributed by atoms with Crippen molar-refractivity contribution < 1.29 is 14.4 Å². The summed E-state index contributed by atoms with van der Waals surface area (Å²) in [7, 11) is 0. The number of para-hydroxylation sites is 1. The number of benzene rings is 1. The fourth-order valence-corrected chi connectivity index (χ4v) is 4.47. The summed E-state index contributed by atoms with van der Waals surface area (Å²) in [5.74, 6) is -0.431. The van der Waals surface area contributed by atoms with E-state index < -0.39 is 11.6 Å². The molecule has 25 heavy (non-hydrogen) atoms. The molecule has 4 rings (SSSR count). The molecule has 0 radical (unpaired) electrons. The minimum Gasteiger partial charge on any atom is -0.323 e. The van der Waals surface area contributed by atoms with Crippen molar-refractivity contribution in [2.75, 3.05) is 11.4 Å². The quantitative estimate of drug-likeness (QED) is 0.839. The van der Waals surface area contributed by atoms with Gasteiger partial charge in [-0.25, -0.2) is 4.79 Å². The van der Waals surface area contributed by atoms with E-state index in [-0.39, 0.29) is 24.4 Å². The zero-order valence-corrected chi connectivity index (χ0v) is 14.5. The highest BCUT2D eigenvalue weighted by Gasteiger charge is 2.52. The van der Waals surface area contributed by atoms with Gasteiger partial charge in [0.05, 0.1) is 0 Å². The van der Waals surface area contributed by atoms with Crippen molar-refractivity contribution in [2.45, 2.75) is 57.0 Å². The molecule has 132 valence electrons. The van der Waals surface area contributed by atoms with Crippen molar-refractivity contribution in [3.63, 3.8) is 0 Å². The summed E-state index contributed by atoms with van der Waals surface area (Å²) in [6.45, 7) is 1.80. The van der Waals surface area contributed by atoms with E-state index in [1.807, 2.05) is 31.2 Å². The number of rotatable bonds is 2. The molecule has 1 atom stereocenters. The summed E-state index contributed by atoms with van der Waals surface area (Å²) >= 11 is 0. The van der Waals surface area contributed by atoms with Crippen molar-refractivity contribution >= 4 is 23.5 Å². The molecule has 1 aromatic carbocycles. The van der Waals surface area contributed by atoms with Gasteiger partial charge in [-0.15, -0.1) is 0 Å². The second-order valence-corrected chi connectivity index (χ2v) is 7.41. The van der Waals surface area contributed by atoms with Crippen LogP contribution in [0.1, 0.15) is 44.6 Å². The van der Waals surface area contributed by atoms with Crippen molar-refractivity contribution in [3.8, 4) is 0 Å². The van der Waals surface area contributed by atoms with Gasteiger partial charge in [0.25, 0.3) is 5.91 Å². The predicted molar refractivity (Wildman–Crippen MR) is 93.2 cm³/mol. The molecule has 6 heteroatoms. The van der Waals surface area contributed by atoms with Crippen LogP contribution in [0.3, 0.4) is 0 Å². The van der Waals surface area contributed by atoms with Crippen molar-refractivity contribution in [3.05, 3.63) is 29.8 Å². The van der Waals surface area contributed by atoms with E-state index in [9.17, 15) is 14.4 Å². The van der Waals surface area contributed by atoms with E-state index >= 15 is 0 Å². The van der Waals surface area contributed by atoms with E-state index in [2.05, 4.69) is 5.32 Å². The Labute approximate surface area is 147 Å². The van der Waals surface area contributed by atoms with Crippen molar-refractivity contribution in [1.82, 2.24) is 10.2 Å². The minimum absolute atomic E-state index is 0.0364. The second-order valence-electron chi connectivity index (χ2n) is 7.41. The third-order valence-corrected chi connectivity index (χ3v) is 5.72. The molecule has 1 aromatic rings. The summed E-state index contributed by atoms with van der Waals surface area (Å²) in [4.78, 5) is 40.9. The Morgan fingerprint density at radius 2 is 1.92 bits per heavy atom. The molecule has 0 bridgehead atoms. The fraction of sp³-hybridized carbons (Fsp3) is 0.526. The zero-order valence-electron chi connectivity index (χ0n) is 14.5. The van der Waals surface area contributed by atoms with Gasteiger partial charge in [-0.1, -0.05) is 37.5 Å². The smallest absolute Gasteiger partial charge is 0.323 e. The monoisotopic (exact) mass is 341 g/mol. The SMILES string of the molecule is C[C@@H]1Cc2ccccc2N1C(=O)CN1C(=O)NC2(CCCCC2)C1=O. The van der Waals surface area contributed by atoms with Gasteiger partial charge in [0.2, 0.25) is 5.91 Å². The molecule has 4 amide bonds. The normalized spacial score (nSPS) is 24.6. The number of carbonyl (C=O) groups excluding carboxylic acids is 3. The lowest BCUT2D eigenvalue weighted by atomic mass is 9.82. The zero-order chi connectivity index (χ0) is 17.6. The van der Waals surface area contributed by atoms with Crippen LogP contribution in [-0.4, -0.2) is 40.9 Å². The molecular weight excluding hydrogens is 318 g/mol. The molecule has 1 aliphatic carbocycles. The first-order valence-corrected chi connectivity index (χ1v) is 9.06. The van der Waals surface area contributed by atoms with Crippen LogP contribution in [0, 0.1) is 0 Å². The number of nitrogens with zero attached hydrogens (tertiary/aromatic N) is 2. The molecular formula is C19H23N3O3. The largest absolute Gasteiger partial charge is 0.325 e. The van der Waals surface area contributed by atoms with Gasteiger partial charge < -0.3 is 10.2 Å². The number of anilines is 1. The van der Waals surface area contributed by atoms with E-state index in [1.165, 1.54) is 0 Å². The van der Waals surface area contributed by atoms with Gasteiger partial charge in [0, 0.05) is 11.7 Å². The first-order chi connectivity index (χ1) is 12.0. The third kappa shape index (κ3) is 2.51. The van der Waals surface area contributed by atoms with Crippen LogP contribution in [0.5, 0.6) is 0 Å². The van der Waals surface area contributed by atoms with Crippen LogP contribution < -0.4 is 10.2 Å². The van der Waals surface area contributed by atoms with E-state index in [0.717, 1.165) is 41.8 Å². The lowest BCUT2D eigenvalue weighted by Gasteiger charge is -2.30. The Hall–Kier alpha value is -2.37. The lowest BCUT2D eigenvalue weighted by Crippen LogP contribution is -2.49. The first-order valence-electron chi connectivity index (χ1n) is 9.06. The summed E-state index contributed by atoms with van der Waals surface area (Å²) in [5, 5.41) is 2.86. The Morgan fingerprint density at radius 1 is 1.20 bits per heavy atom. The van der Waals surface area contributed by atoms with Crippen LogP contribution >= 0.6 is 0 Å². The van der Waals surface area contributed by atoms with Crippen LogP contribution in [0.4, 0.5) is 10.5 Å². The maximum Gasteiger partial charge on any atom is 0.325 e. The molecule has 2 aliphatic heterocycles. The number of nitrogens with one attached hydrogen (secondary N) is 1. The highest BCUT2D eigenvalue weighted by molar-refractivity contribution is 6.10. The maximum atomic E-state index is 12.9. The molecule has 2 heterocycles. The molecule has 0 aromatic heterocycles. The van der Waals surface area contributed by atoms with Crippen molar-refractivity contribution in [2.24, 2.45) is 0 Å². The molecule has 2 fully saturated rings. The number of hydrogen-bond acceptors (Lipinski definition) is 3. The average molecular weight is 341 g/mol. The first kappa shape index (κ1) is 16.1. The predicted octanol–water partition coefficient (Wildman–Crippen LogP) is 2.22. The molecule has 3 aliphatic rings. The van der Waals surface area contributed by atoms with Crippen LogP contribution in [0.15, 0.2) is 24.3 Å². The number of hydrogen-bond donors (Lipinski definition) is 1. The molecule has 1 spiro atoms. The topological polar surface area (TPSA) is 69.7 Å². The number of carbonyl (C=O) groups is 3. The molecule has 0 unspecified atom stereocenters. The van der Waals surface area contributed by atoms with Crippen molar-refractivity contribution in [1.29, 1.82) is 0 Å². The minimum atomic E-state index is -0.774. The van der Waals surface area contributed by atoms with Crippen LogP contribution in [-0.2, 0) is 16.0 Å². The molecule has 1 N–H and O–H groups in total. The number of imide groups is 1. The second kappa shape index (κ2) is 5.86. The molecule has 1 saturated heterocycles. The fourth-order valence-electron chi connectivity index (χ4n) is 4.47. The van der Waals surface area contributed by atoms with Gasteiger partial charge in [-0.2, -0.15) is 0 Å². The highest BCUT2D eigenvalue weighted by atomic mass is 16.2. The van der Waals surface area contributed by atoms with Crippen LogP contribution in [0.2, 0.25) is 0 Å². The van der Waals surface area contributed by atoms with E-state index in [0.29, 0.717) is 12.8 Å². The summed E-state index contributed by atoms with van der Waals surface area (Å²) < 4.78 is 0. The van der Waals surface area contributed by atoms with Gasteiger partial charge in [0.15, 0.2) is 0 Å². The summed E-state index contributed by atoms with van der Waals surface area (Å²) in [6, 6.07) is 7.41. The van der Waals surface area contributed by atoms with Gasteiger partial charge in [-0.05, 0) is 37.8 Å². The van der Waals surface area contributed by atoms with Gasteiger partial charge in [0.1, 0.15) is 12.1 Å². The Kier molecular flexibility index (Phi) is 3.78. The van der Waals surface area contributed by atoms with Gasteiger partial charge in [-0.3, -0.25) is 14.5 Å². The standard InChI is InChI=1S/C19H23N3O3/c1-13-11-14-7-3-4-8-15(14)22(13)16(23)12-21-17(24)19(20-18(21)25)9-5-2-6-10-19/h3-4,7-8,13H,2,5-6,9-12H2,1H3,(H,20,25)/t13-/m1/s1. The third-order valence-electron chi connectivity index (χ3n) is 5.72. The average Bonchev–Trinajstić information content (AvgIpc) is 3.04. The van der Waals surface area contributed by atoms with Gasteiger partial charge >= 0.3 is 6.03 Å². The Bertz CT molecular complexity index is 739. The van der Waals surface area contributed by atoms with Crippen LogP contribution in [0.25, 0.3) is 0 Å². The number of fused-ring (bicyclic) bond motifs is 1. The molecule has 1 saturated carbocycles.